The van der Waals surface area contributed by atoms with Crippen LogP contribution in [0.3, 0.4) is 0 Å². The summed E-state index contributed by atoms with van der Waals surface area (Å²) in [5.74, 6) is 4.45. The third-order valence-electron chi connectivity index (χ3n) is 2.09. The van der Waals surface area contributed by atoms with Crippen molar-refractivity contribution in [3.63, 3.8) is 0 Å². The molecule has 0 aliphatic rings. The van der Waals surface area contributed by atoms with Crippen LogP contribution in [0.2, 0.25) is 0 Å². The highest BCUT2D eigenvalue weighted by Gasteiger charge is 1.99. The van der Waals surface area contributed by atoms with Crippen LogP contribution in [0.25, 0.3) is 0 Å². The molecule has 0 aromatic carbocycles. The van der Waals surface area contributed by atoms with Crippen molar-refractivity contribution in [2.75, 3.05) is 42.3 Å². The predicted octanol–water partition coefficient (Wildman–Crippen LogP) is 1.35. The van der Waals surface area contributed by atoms with E-state index in [1.807, 2.05) is 31.8 Å². The van der Waals surface area contributed by atoms with Crippen molar-refractivity contribution in [2.45, 2.75) is 13.3 Å². The summed E-state index contributed by atoms with van der Waals surface area (Å²) in [4.78, 5) is 8.53. The van der Waals surface area contributed by atoms with Crippen LogP contribution >= 0.6 is 11.8 Å². The Balaban J connectivity index is 2.28. The third kappa shape index (κ3) is 5.74. The van der Waals surface area contributed by atoms with Crippen molar-refractivity contribution in [3.8, 4) is 0 Å². The van der Waals surface area contributed by atoms with Crippen molar-refractivity contribution in [1.82, 2.24) is 9.97 Å². The first kappa shape index (κ1) is 14.1. The molecule has 0 radical (unpaired) electrons. The highest BCUT2D eigenvalue weighted by Crippen LogP contribution is 2.10. The molecule has 1 heterocycles. The lowest BCUT2D eigenvalue weighted by molar-refractivity contribution is 0.296. The molecule has 6 heteroatoms. The number of aliphatic hydroxyl groups is 1. The van der Waals surface area contributed by atoms with Gasteiger partial charge >= 0.3 is 0 Å². The number of nitrogens with one attached hydrogen (secondary N) is 2. The minimum absolute atomic E-state index is 0.275. The third-order valence-corrected chi connectivity index (χ3v) is 3.16. The van der Waals surface area contributed by atoms with Gasteiger partial charge in [-0.15, -0.1) is 0 Å². The van der Waals surface area contributed by atoms with Gasteiger partial charge in [-0.1, -0.05) is 0 Å². The minimum atomic E-state index is 0.275. The highest BCUT2D eigenvalue weighted by atomic mass is 32.2. The molecular weight excluding hydrogens is 236 g/mol. The van der Waals surface area contributed by atoms with E-state index in [0.717, 1.165) is 41.9 Å². The summed E-state index contributed by atoms with van der Waals surface area (Å²) >= 11 is 1.83. The average molecular weight is 256 g/mol. The number of hydrogen-bond acceptors (Lipinski definition) is 6. The molecule has 1 aromatic heterocycles. The molecule has 96 valence electrons. The van der Waals surface area contributed by atoms with E-state index in [1.165, 1.54) is 0 Å². The number of aryl methyl sites for hydroxylation is 1. The standard InChI is InChI=1S/C11H20N4OS/c1-9-14-10(12-2)8-11(15-9)13-4-7-17-6-3-5-16/h8,16H,3-7H2,1-2H3,(H2,12,13,14,15). The number of aliphatic hydroxyl groups excluding tert-OH is 1. The van der Waals surface area contributed by atoms with Crippen LogP contribution in [0.4, 0.5) is 11.6 Å². The summed E-state index contributed by atoms with van der Waals surface area (Å²) in [6.45, 7) is 3.02. The molecule has 0 amide bonds. The molecule has 1 rings (SSSR count). The van der Waals surface area contributed by atoms with Gasteiger partial charge in [0.1, 0.15) is 17.5 Å². The summed E-state index contributed by atoms with van der Waals surface area (Å²) < 4.78 is 0. The van der Waals surface area contributed by atoms with E-state index in [9.17, 15) is 0 Å². The van der Waals surface area contributed by atoms with Crippen molar-refractivity contribution in [1.29, 1.82) is 0 Å². The molecule has 5 nitrogen and oxygen atoms in total. The van der Waals surface area contributed by atoms with Gasteiger partial charge in [0.2, 0.25) is 0 Å². The van der Waals surface area contributed by atoms with Gasteiger partial charge in [-0.25, -0.2) is 9.97 Å². The number of nitrogens with zero attached hydrogens (tertiary/aromatic N) is 2. The van der Waals surface area contributed by atoms with E-state index >= 15 is 0 Å². The molecule has 0 aliphatic heterocycles. The van der Waals surface area contributed by atoms with Crippen molar-refractivity contribution in [3.05, 3.63) is 11.9 Å². The molecule has 0 spiro atoms. The molecule has 0 saturated heterocycles. The first-order valence-electron chi connectivity index (χ1n) is 5.72. The number of thioether (sulfide) groups is 1. The zero-order valence-electron chi connectivity index (χ0n) is 10.4. The van der Waals surface area contributed by atoms with Crippen LogP contribution in [-0.4, -0.2) is 46.8 Å². The fourth-order valence-corrected chi connectivity index (χ4v) is 2.09. The quantitative estimate of drug-likeness (QED) is 0.610. The van der Waals surface area contributed by atoms with Crippen molar-refractivity contribution < 1.29 is 5.11 Å². The predicted molar refractivity (Wildman–Crippen MR) is 73.8 cm³/mol. The summed E-state index contributed by atoms with van der Waals surface area (Å²) in [6, 6.07) is 1.89. The smallest absolute Gasteiger partial charge is 0.131 e. The maximum Gasteiger partial charge on any atom is 0.131 e. The molecule has 0 atom stereocenters. The SMILES string of the molecule is CNc1cc(NCCSCCCO)nc(C)n1. The molecule has 0 aliphatic carbocycles. The van der Waals surface area contributed by atoms with E-state index in [-0.39, 0.29) is 6.61 Å². The van der Waals surface area contributed by atoms with Crippen LogP contribution in [0.5, 0.6) is 0 Å². The largest absolute Gasteiger partial charge is 0.396 e. The Bertz CT molecular complexity index is 335. The molecule has 3 N–H and O–H groups in total. The Labute approximate surface area is 106 Å². The molecule has 1 aromatic rings. The first-order chi connectivity index (χ1) is 8.26. The van der Waals surface area contributed by atoms with Gasteiger partial charge in [-0.3, -0.25) is 0 Å². The van der Waals surface area contributed by atoms with E-state index in [1.54, 1.807) is 0 Å². The fraction of sp³-hybridized carbons (Fsp3) is 0.636. The average Bonchev–Trinajstić information content (AvgIpc) is 2.33. The zero-order valence-corrected chi connectivity index (χ0v) is 11.2. The number of rotatable bonds is 8. The number of hydrogen-bond donors (Lipinski definition) is 3. The molecule has 0 bridgehead atoms. The Hall–Kier alpha value is -1.01. The molecule has 0 unspecified atom stereocenters. The number of aromatic nitrogens is 2. The fourth-order valence-electron chi connectivity index (χ4n) is 1.31. The van der Waals surface area contributed by atoms with Crippen molar-refractivity contribution >= 4 is 23.4 Å². The second-order valence-corrected chi connectivity index (χ2v) is 4.78. The van der Waals surface area contributed by atoms with Crippen molar-refractivity contribution in [2.24, 2.45) is 0 Å². The monoisotopic (exact) mass is 256 g/mol. The van der Waals surface area contributed by atoms with Crippen LogP contribution in [0.1, 0.15) is 12.2 Å². The Morgan fingerprint density at radius 1 is 1.29 bits per heavy atom. The normalized spacial score (nSPS) is 10.3. The summed E-state index contributed by atoms with van der Waals surface area (Å²) in [5.41, 5.74) is 0. The van der Waals surface area contributed by atoms with Gasteiger partial charge in [0.05, 0.1) is 0 Å². The second-order valence-electron chi connectivity index (χ2n) is 3.55. The Kier molecular flexibility index (Phi) is 6.73. The lowest BCUT2D eigenvalue weighted by Crippen LogP contribution is -2.08. The van der Waals surface area contributed by atoms with Gasteiger partial charge < -0.3 is 15.7 Å². The highest BCUT2D eigenvalue weighted by molar-refractivity contribution is 7.99. The molecular formula is C11H20N4OS. The minimum Gasteiger partial charge on any atom is -0.396 e. The van der Waals surface area contributed by atoms with Crippen LogP contribution in [0, 0.1) is 6.92 Å². The summed E-state index contributed by atoms with van der Waals surface area (Å²) in [5, 5.41) is 14.9. The summed E-state index contributed by atoms with van der Waals surface area (Å²) in [7, 11) is 1.84. The van der Waals surface area contributed by atoms with Gasteiger partial charge in [0, 0.05) is 32.0 Å². The van der Waals surface area contributed by atoms with Gasteiger partial charge in [0.15, 0.2) is 0 Å². The van der Waals surface area contributed by atoms with E-state index < -0.39 is 0 Å². The van der Waals surface area contributed by atoms with Gasteiger partial charge in [0.25, 0.3) is 0 Å². The summed E-state index contributed by atoms with van der Waals surface area (Å²) in [6.07, 6.45) is 0.862. The zero-order chi connectivity index (χ0) is 12.5. The van der Waals surface area contributed by atoms with Crippen LogP contribution < -0.4 is 10.6 Å². The maximum absolute atomic E-state index is 8.64. The second kappa shape index (κ2) is 8.14. The Morgan fingerprint density at radius 2 is 2.06 bits per heavy atom. The van der Waals surface area contributed by atoms with E-state index in [2.05, 4.69) is 20.6 Å². The van der Waals surface area contributed by atoms with Crippen LogP contribution in [0.15, 0.2) is 6.07 Å². The Morgan fingerprint density at radius 3 is 2.76 bits per heavy atom. The maximum atomic E-state index is 8.64. The number of anilines is 2. The lowest BCUT2D eigenvalue weighted by Gasteiger charge is -2.08. The topological polar surface area (TPSA) is 70.1 Å². The van der Waals surface area contributed by atoms with Gasteiger partial charge in [-0.05, 0) is 19.1 Å². The van der Waals surface area contributed by atoms with Crippen LogP contribution in [-0.2, 0) is 0 Å². The molecule has 17 heavy (non-hydrogen) atoms. The molecule has 0 fully saturated rings. The molecule has 0 saturated carbocycles. The van der Waals surface area contributed by atoms with Gasteiger partial charge in [-0.2, -0.15) is 11.8 Å². The van der Waals surface area contributed by atoms with E-state index in [4.69, 9.17) is 5.11 Å². The lowest BCUT2D eigenvalue weighted by atomic mass is 10.5. The van der Waals surface area contributed by atoms with E-state index in [0.29, 0.717) is 0 Å². The first-order valence-corrected chi connectivity index (χ1v) is 6.87.